The van der Waals surface area contributed by atoms with E-state index in [1.807, 2.05) is 45.0 Å². The second-order valence-electron chi connectivity index (χ2n) is 7.24. The summed E-state index contributed by atoms with van der Waals surface area (Å²) in [5.41, 5.74) is 2.44. The molecule has 0 saturated heterocycles. The first kappa shape index (κ1) is 22.7. The van der Waals surface area contributed by atoms with Crippen molar-refractivity contribution in [2.24, 2.45) is 0 Å². The van der Waals surface area contributed by atoms with Gasteiger partial charge in [0.05, 0.1) is 6.61 Å². The molecule has 0 aliphatic rings. The van der Waals surface area contributed by atoms with Crippen molar-refractivity contribution in [1.82, 2.24) is 14.7 Å². The summed E-state index contributed by atoms with van der Waals surface area (Å²) < 4.78 is 12.3. The van der Waals surface area contributed by atoms with Crippen LogP contribution in [0.15, 0.2) is 46.9 Å². The third kappa shape index (κ3) is 4.68. The number of aromatic nitrogens is 2. The van der Waals surface area contributed by atoms with Gasteiger partial charge in [0.15, 0.2) is 0 Å². The molecule has 0 spiro atoms. The largest absolute Gasteiger partial charge is 0.438 e. The number of carbonyl (C=O) groups is 1. The highest BCUT2D eigenvalue weighted by Crippen LogP contribution is 2.28. The number of fused-ring (bicyclic) bond motifs is 1. The molecule has 2 aromatic heterocycles. The van der Waals surface area contributed by atoms with Crippen molar-refractivity contribution in [1.29, 1.82) is 5.26 Å². The van der Waals surface area contributed by atoms with Gasteiger partial charge in [-0.3, -0.25) is 14.0 Å². The summed E-state index contributed by atoms with van der Waals surface area (Å²) in [6.45, 7) is 6.22. The van der Waals surface area contributed by atoms with Crippen molar-refractivity contribution in [3.05, 3.63) is 74.7 Å². The van der Waals surface area contributed by atoms with Gasteiger partial charge >= 0.3 is 0 Å². The van der Waals surface area contributed by atoms with Crippen LogP contribution in [0.5, 0.6) is 11.6 Å². The molecule has 2 heterocycles. The third-order valence-corrected chi connectivity index (χ3v) is 5.06. The molecule has 8 heteroatoms. The molecule has 0 bridgehead atoms. The van der Waals surface area contributed by atoms with Gasteiger partial charge in [0.1, 0.15) is 28.6 Å². The van der Waals surface area contributed by atoms with E-state index >= 15 is 0 Å². The number of methoxy groups -OCH3 is 1. The Kier molecular flexibility index (Phi) is 7.03. The van der Waals surface area contributed by atoms with Gasteiger partial charge in [-0.05, 0) is 55.7 Å². The standard InChI is InChI=1S/C24H24N4O4/c1-15-7-5-9-20(17(15)3)32-23-19(13-18(14-25)22(29)26-10-12-31-4)24(30)28-11-6-8-16(2)21(28)27-23/h5-9,11,13H,10,12H2,1-4H3,(H,26,29). The van der Waals surface area contributed by atoms with E-state index in [0.29, 0.717) is 18.0 Å². The SMILES string of the molecule is COCCNC(=O)C(C#N)=Cc1c(Oc2cccc(C)c2C)nc2c(C)cccn2c1=O. The number of rotatable bonds is 7. The third-order valence-electron chi connectivity index (χ3n) is 5.06. The van der Waals surface area contributed by atoms with Gasteiger partial charge in [0, 0.05) is 19.9 Å². The highest BCUT2D eigenvalue weighted by atomic mass is 16.5. The smallest absolute Gasteiger partial charge is 0.269 e. The highest BCUT2D eigenvalue weighted by molar-refractivity contribution is 6.01. The van der Waals surface area contributed by atoms with E-state index in [1.165, 1.54) is 17.6 Å². The Morgan fingerprint density at radius 3 is 2.69 bits per heavy atom. The van der Waals surface area contributed by atoms with Crippen LogP contribution >= 0.6 is 0 Å². The summed E-state index contributed by atoms with van der Waals surface area (Å²) in [6, 6.07) is 11.0. The fourth-order valence-electron chi connectivity index (χ4n) is 3.09. The fraction of sp³-hybridized carbons (Fsp3) is 0.250. The van der Waals surface area contributed by atoms with Crippen molar-refractivity contribution >= 4 is 17.6 Å². The van der Waals surface area contributed by atoms with Crippen LogP contribution in [0.4, 0.5) is 0 Å². The zero-order valence-electron chi connectivity index (χ0n) is 18.4. The van der Waals surface area contributed by atoms with Crippen molar-refractivity contribution in [2.75, 3.05) is 20.3 Å². The Hall–Kier alpha value is -3.96. The number of nitrogens with zero attached hydrogens (tertiary/aromatic N) is 3. The lowest BCUT2D eigenvalue weighted by Gasteiger charge is -2.13. The average molecular weight is 432 g/mol. The minimum atomic E-state index is -0.615. The molecule has 0 aliphatic carbocycles. The van der Waals surface area contributed by atoms with E-state index in [-0.39, 0.29) is 23.6 Å². The Labute approximate surface area is 185 Å². The van der Waals surface area contributed by atoms with Gasteiger partial charge in [-0.25, -0.2) is 0 Å². The molecular weight excluding hydrogens is 408 g/mol. The van der Waals surface area contributed by atoms with Crippen LogP contribution < -0.4 is 15.6 Å². The molecule has 32 heavy (non-hydrogen) atoms. The molecule has 0 fully saturated rings. The van der Waals surface area contributed by atoms with Gasteiger partial charge in [0.2, 0.25) is 5.88 Å². The van der Waals surface area contributed by atoms with Crippen molar-refractivity contribution in [2.45, 2.75) is 20.8 Å². The number of hydrogen-bond acceptors (Lipinski definition) is 6. The predicted octanol–water partition coefficient (Wildman–Crippen LogP) is 3.08. The summed E-state index contributed by atoms with van der Waals surface area (Å²) in [5.74, 6) is -0.0565. The lowest BCUT2D eigenvalue weighted by molar-refractivity contribution is -0.117. The maximum absolute atomic E-state index is 13.3. The Bertz CT molecular complexity index is 1300. The number of nitriles is 1. The van der Waals surface area contributed by atoms with Crippen LogP contribution in [-0.2, 0) is 9.53 Å². The normalized spacial score (nSPS) is 11.3. The number of ether oxygens (including phenoxy) is 2. The molecule has 164 valence electrons. The molecule has 0 radical (unpaired) electrons. The number of hydrogen-bond donors (Lipinski definition) is 1. The quantitative estimate of drug-likeness (QED) is 0.349. The summed E-state index contributed by atoms with van der Waals surface area (Å²) >= 11 is 0. The van der Waals surface area contributed by atoms with Crippen LogP contribution in [0.25, 0.3) is 11.7 Å². The molecule has 0 aliphatic heterocycles. The number of benzene rings is 1. The molecule has 0 saturated carbocycles. The topological polar surface area (TPSA) is 106 Å². The lowest BCUT2D eigenvalue weighted by atomic mass is 10.1. The van der Waals surface area contributed by atoms with E-state index in [1.54, 1.807) is 18.3 Å². The number of nitrogens with one attached hydrogen (secondary N) is 1. The number of aryl methyl sites for hydroxylation is 2. The Morgan fingerprint density at radius 1 is 1.22 bits per heavy atom. The molecule has 1 amide bonds. The summed E-state index contributed by atoms with van der Waals surface area (Å²) in [4.78, 5) is 30.3. The van der Waals surface area contributed by atoms with Crippen LogP contribution in [0, 0.1) is 32.1 Å². The highest BCUT2D eigenvalue weighted by Gasteiger charge is 2.18. The lowest BCUT2D eigenvalue weighted by Crippen LogP contribution is -2.28. The van der Waals surface area contributed by atoms with E-state index in [0.717, 1.165) is 16.7 Å². The Morgan fingerprint density at radius 2 is 1.97 bits per heavy atom. The zero-order chi connectivity index (χ0) is 23.3. The van der Waals surface area contributed by atoms with E-state index in [4.69, 9.17) is 9.47 Å². The molecule has 1 N–H and O–H groups in total. The molecule has 0 unspecified atom stereocenters. The first-order chi connectivity index (χ1) is 15.4. The van der Waals surface area contributed by atoms with Crippen molar-refractivity contribution in [3.8, 4) is 17.7 Å². The van der Waals surface area contributed by atoms with Crippen LogP contribution in [0.2, 0.25) is 0 Å². The van der Waals surface area contributed by atoms with E-state index in [2.05, 4.69) is 10.3 Å². The fourth-order valence-corrected chi connectivity index (χ4v) is 3.09. The van der Waals surface area contributed by atoms with Gasteiger partial charge in [-0.1, -0.05) is 18.2 Å². The molecule has 3 rings (SSSR count). The van der Waals surface area contributed by atoms with Crippen LogP contribution in [-0.4, -0.2) is 35.6 Å². The van der Waals surface area contributed by atoms with Crippen molar-refractivity contribution in [3.63, 3.8) is 0 Å². The molecule has 3 aromatic rings. The first-order valence-corrected chi connectivity index (χ1v) is 10.0. The molecule has 8 nitrogen and oxygen atoms in total. The first-order valence-electron chi connectivity index (χ1n) is 10.0. The Balaban J connectivity index is 2.19. The summed E-state index contributed by atoms with van der Waals surface area (Å²) in [6.07, 6.45) is 2.80. The van der Waals surface area contributed by atoms with E-state index in [9.17, 15) is 14.9 Å². The average Bonchev–Trinajstić information content (AvgIpc) is 2.77. The van der Waals surface area contributed by atoms with Gasteiger partial charge < -0.3 is 14.8 Å². The molecular formula is C24H24N4O4. The minimum absolute atomic E-state index is 0.00690. The number of pyridine rings is 1. The van der Waals surface area contributed by atoms with Gasteiger partial charge in [0.25, 0.3) is 11.5 Å². The van der Waals surface area contributed by atoms with Crippen molar-refractivity contribution < 1.29 is 14.3 Å². The minimum Gasteiger partial charge on any atom is -0.438 e. The van der Waals surface area contributed by atoms with Crippen LogP contribution in [0.3, 0.4) is 0 Å². The molecule has 0 atom stereocenters. The second-order valence-corrected chi connectivity index (χ2v) is 7.24. The molecule has 1 aromatic carbocycles. The van der Waals surface area contributed by atoms with Gasteiger partial charge in [-0.15, -0.1) is 0 Å². The zero-order valence-corrected chi connectivity index (χ0v) is 18.4. The number of amides is 1. The second kappa shape index (κ2) is 9.90. The van der Waals surface area contributed by atoms with Crippen LogP contribution in [0.1, 0.15) is 22.3 Å². The summed E-state index contributed by atoms with van der Waals surface area (Å²) in [5, 5.41) is 12.1. The monoisotopic (exact) mass is 432 g/mol. The number of carbonyl (C=O) groups excluding carboxylic acids is 1. The van der Waals surface area contributed by atoms with Gasteiger partial charge in [-0.2, -0.15) is 10.2 Å². The predicted molar refractivity (Wildman–Crippen MR) is 121 cm³/mol. The maximum Gasteiger partial charge on any atom is 0.269 e. The maximum atomic E-state index is 13.3. The summed E-state index contributed by atoms with van der Waals surface area (Å²) in [7, 11) is 1.51. The van der Waals surface area contributed by atoms with E-state index < -0.39 is 11.5 Å².